The number of nitrogens with zero attached hydrogens (tertiary/aromatic N) is 1. The Morgan fingerprint density at radius 3 is 1.52 bits per heavy atom. The molecule has 0 amide bonds. The second-order valence-corrected chi connectivity index (χ2v) is 26.2. The van der Waals surface area contributed by atoms with E-state index in [1.165, 1.54) is 17.3 Å². The lowest BCUT2D eigenvalue weighted by atomic mass is 9.91. The van der Waals surface area contributed by atoms with Crippen molar-refractivity contribution in [2.24, 2.45) is 10.5 Å². The number of benzene rings is 1. The molecule has 0 aromatic heterocycles. The number of hydrogen-bond acceptors (Lipinski definition) is 3. The van der Waals surface area contributed by atoms with E-state index in [2.05, 4.69) is 130 Å². The SMILES string of the molecule is Cc1ccc(S/C(=C/C(C#C[Si](C)(C)C)(C#C[Si](C)(C)C)C#C[Si](C)(C)C)N=N)cc1. The van der Waals surface area contributed by atoms with E-state index < -0.39 is 29.6 Å². The van der Waals surface area contributed by atoms with Crippen molar-refractivity contribution in [3.63, 3.8) is 0 Å². The van der Waals surface area contributed by atoms with Gasteiger partial charge in [0.2, 0.25) is 0 Å². The van der Waals surface area contributed by atoms with Crippen LogP contribution >= 0.6 is 11.8 Å². The largest absolute Gasteiger partial charge is 0.204 e. The Labute approximate surface area is 197 Å². The number of allylic oxidation sites excluding steroid dienone is 1. The van der Waals surface area contributed by atoms with Gasteiger partial charge in [0.15, 0.2) is 5.41 Å². The first-order chi connectivity index (χ1) is 14.0. The lowest BCUT2D eigenvalue weighted by molar-refractivity contribution is 0.924. The average Bonchev–Trinajstić information content (AvgIpc) is 2.62. The van der Waals surface area contributed by atoms with Gasteiger partial charge in [-0.1, -0.05) is 106 Å². The van der Waals surface area contributed by atoms with Crippen molar-refractivity contribution in [1.29, 1.82) is 5.53 Å². The van der Waals surface area contributed by atoms with Gasteiger partial charge in [0.05, 0.1) is 0 Å². The van der Waals surface area contributed by atoms with Crippen LogP contribution in [0.1, 0.15) is 5.56 Å². The molecule has 0 aliphatic carbocycles. The molecule has 2 nitrogen and oxygen atoms in total. The highest BCUT2D eigenvalue weighted by atomic mass is 32.2. The highest BCUT2D eigenvalue weighted by Crippen LogP contribution is 2.32. The number of thioether (sulfide) groups is 1. The fraction of sp³-hybridized carbons (Fsp3) is 0.440. The molecule has 0 atom stereocenters. The number of rotatable bonds is 4. The van der Waals surface area contributed by atoms with E-state index in [0.717, 1.165) is 4.90 Å². The van der Waals surface area contributed by atoms with Crippen molar-refractivity contribution in [1.82, 2.24) is 0 Å². The smallest absolute Gasteiger partial charge is 0.171 e. The van der Waals surface area contributed by atoms with Gasteiger partial charge in [-0.05, 0) is 25.1 Å². The molecule has 1 rings (SSSR count). The molecule has 31 heavy (non-hydrogen) atoms. The standard InChI is InChI=1S/C25H36N2SSi3/c1-22-11-13-23(14-12-22)28-24(27-26)21-25(15-18-29(2,3)4,16-19-30(5,6)7)17-20-31(8,9)10/h11-14,21,26H,1-10H3/b24-21+,27-26?. The predicted molar refractivity (Wildman–Crippen MR) is 146 cm³/mol. The molecule has 6 heteroatoms. The molecule has 0 saturated heterocycles. The van der Waals surface area contributed by atoms with Gasteiger partial charge in [-0.3, -0.25) is 0 Å². The summed E-state index contributed by atoms with van der Waals surface area (Å²) in [5.41, 5.74) is 18.6. The maximum absolute atomic E-state index is 7.81. The van der Waals surface area contributed by atoms with Gasteiger partial charge < -0.3 is 0 Å². The predicted octanol–water partition coefficient (Wildman–Crippen LogP) is 7.59. The monoisotopic (exact) mass is 480 g/mol. The summed E-state index contributed by atoms with van der Waals surface area (Å²) in [5.74, 6) is 10.4. The van der Waals surface area contributed by atoms with Crippen molar-refractivity contribution in [3.8, 4) is 34.4 Å². The van der Waals surface area contributed by atoms with E-state index in [1.807, 2.05) is 6.08 Å². The molecule has 1 N–H and O–H groups in total. The van der Waals surface area contributed by atoms with Gasteiger partial charge >= 0.3 is 0 Å². The minimum Gasteiger partial charge on any atom is -0.204 e. The van der Waals surface area contributed by atoms with Gasteiger partial charge in [-0.15, -0.1) is 16.6 Å². The minimum atomic E-state index is -1.65. The third-order valence-corrected chi connectivity index (χ3v) is 7.15. The van der Waals surface area contributed by atoms with Crippen LogP contribution in [-0.2, 0) is 0 Å². The molecule has 0 spiro atoms. The number of nitrogens with one attached hydrogen (secondary N) is 1. The van der Waals surface area contributed by atoms with Gasteiger partial charge in [0.1, 0.15) is 29.3 Å². The Hall–Kier alpha value is -1.76. The van der Waals surface area contributed by atoms with E-state index in [-0.39, 0.29) is 0 Å². The van der Waals surface area contributed by atoms with E-state index in [9.17, 15) is 0 Å². The van der Waals surface area contributed by atoms with Crippen LogP contribution in [0.4, 0.5) is 0 Å². The molecule has 164 valence electrons. The van der Waals surface area contributed by atoms with Crippen molar-refractivity contribution in [2.75, 3.05) is 0 Å². The highest BCUT2D eigenvalue weighted by molar-refractivity contribution is 8.03. The summed E-state index contributed by atoms with van der Waals surface area (Å²) >= 11 is 1.46. The Morgan fingerprint density at radius 1 is 0.806 bits per heavy atom. The average molecular weight is 481 g/mol. The number of hydrogen-bond donors (Lipinski definition) is 1. The van der Waals surface area contributed by atoms with Crippen LogP contribution in [0, 0.1) is 52.3 Å². The summed E-state index contributed by atoms with van der Waals surface area (Å²) in [6.07, 6.45) is 1.91. The molecule has 0 aliphatic rings. The first kappa shape index (κ1) is 27.3. The quantitative estimate of drug-likeness (QED) is 0.205. The fourth-order valence-corrected chi connectivity index (χ4v) is 4.57. The Morgan fingerprint density at radius 2 is 1.19 bits per heavy atom. The summed E-state index contributed by atoms with van der Waals surface area (Å²) in [5, 5.41) is 4.40. The van der Waals surface area contributed by atoms with Crippen LogP contribution in [0.15, 0.2) is 45.4 Å². The molecular weight excluding hydrogens is 445 g/mol. The van der Waals surface area contributed by atoms with Crippen molar-refractivity contribution >= 4 is 36.0 Å². The summed E-state index contributed by atoms with van der Waals surface area (Å²) in [7, 11) is -4.94. The molecular formula is C25H36N2SSi3. The van der Waals surface area contributed by atoms with Gasteiger partial charge in [0.25, 0.3) is 0 Å². The fourth-order valence-electron chi connectivity index (χ4n) is 2.06. The molecule has 0 aliphatic heterocycles. The molecule has 0 heterocycles. The van der Waals surface area contributed by atoms with Crippen LogP contribution in [0.5, 0.6) is 0 Å². The Balaban J connectivity index is 3.74. The van der Waals surface area contributed by atoms with Crippen LogP contribution in [0.2, 0.25) is 58.9 Å². The summed E-state index contributed by atoms with van der Waals surface area (Å²) < 4.78 is 0. The Bertz CT molecular complexity index is 923. The van der Waals surface area contributed by atoms with Gasteiger partial charge in [-0.2, -0.15) is 5.11 Å². The molecule has 0 bridgehead atoms. The zero-order chi connectivity index (χ0) is 23.9. The van der Waals surface area contributed by atoms with Crippen LogP contribution in [0.25, 0.3) is 0 Å². The Kier molecular flexibility index (Phi) is 9.42. The van der Waals surface area contributed by atoms with Crippen molar-refractivity contribution < 1.29 is 0 Å². The zero-order valence-electron chi connectivity index (χ0n) is 20.7. The highest BCUT2D eigenvalue weighted by Gasteiger charge is 2.25. The minimum absolute atomic E-state index is 0.573. The lowest BCUT2D eigenvalue weighted by Crippen LogP contribution is -2.23. The lowest BCUT2D eigenvalue weighted by Gasteiger charge is -2.17. The first-order valence-electron chi connectivity index (χ1n) is 10.5. The topological polar surface area (TPSA) is 36.2 Å². The van der Waals surface area contributed by atoms with Crippen molar-refractivity contribution in [3.05, 3.63) is 40.9 Å². The van der Waals surface area contributed by atoms with Crippen LogP contribution < -0.4 is 0 Å². The molecule has 1 aromatic rings. The van der Waals surface area contributed by atoms with E-state index >= 15 is 0 Å². The second-order valence-electron chi connectivity index (χ2n) is 10.8. The maximum Gasteiger partial charge on any atom is 0.171 e. The van der Waals surface area contributed by atoms with E-state index in [0.29, 0.717) is 5.03 Å². The van der Waals surface area contributed by atoms with Gasteiger partial charge in [0, 0.05) is 4.90 Å². The van der Waals surface area contributed by atoms with Crippen LogP contribution in [-0.4, -0.2) is 24.2 Å². The molecule has 0 saturated carbocycles. The third kappa shape index (κ3) is 12.0. The van der Waals surface area contributed by atoms with Gasteiger partial charge in [-0.25, -0.2) is 5.53 Å². The number of aryl methyl sites for hydroxylation is 1. The van der Waals surface area contributed by atoms with E-state index in [4.69, 9.17) is 5.53 Å². The molecule has 1 aromatic carbocycles. The summed E-state index contributed by atoms with van der Waals surface area (Å²) in [6, 6.07) is 8.24. The maximum atomic E-state index is 7.81. The zero-order valence-corrected chi connectivity index (χ0v) is 24.6. The first-order valence-corrected chi connectivity index (χ1v) is 21.8. The van der Waals surface area contributed by atoms with E-state index in [1.54, 1.807) is 0 Å². The van der Waals surface area contributed by atoms with Crippen molar-refractivity contribution in [2.45, 2.75) is 70.7 Å². The van der Waals surface area contributed by atoms with Crippen LogP contribution in [0.3, 0.4) is 0 Å². The summed E-state index contributed by atoms with van der Waals surface area (Å²) in [6.45, 7) is 22.1. The molecule has 0 unspecified atom stereocenters. The third-order valence-electron chi connectivity index (χ3n) is 3.60. The molecule has 0 radical (unpaired) electrons. The summed E-state index contributed by atoms with van der Waals surface area (Å²) in [4.78, 5) is 1.04. The second kappa shape index (κ2) is 10.7. The normalized spacial score (nSPS) is 12.5. The molecule has 0 fully saturated rings.